The number of unbranched alkanes of at least 4 members (excludes halogenated alkanes) is 1. The predicted octanol–water partition coefficient (Wildman–Crippen LogP) is -0.136. The monoisotopic (exact) mass is 310 g/mol. The Hall–Kier alpha value is -2.38. The molecule has 2 aliphatic heterocycles. The molecule has 0 amide bonds. The zero-order valence-electron chi connectivity index (χ0n) is 11.7. The SMILES string of the molecule is O=C1CC(C(=O)CCCCC(=O)C2CC(=O)OC2=O)C(=O)O1. The van der Waals surface area contributed by atoms with E-state index in [1.54, 1.807) is 0 Å². The molecular weight excluding hydrogens is 296 g/mol. The highest BCUT2D eigenvalue weighted by atomic mass is 16.6. The fourth-order valence-electron chi connectivity index (χ4n) is 2.39. The topological polar surface area (TPSA) is 121 Å². The lowest BCUT2D eigenvalue weighted by molar-refractivity contribution is -0.155. The van der Waals surface area contributed by atoms with Crippen molar-refractivity contribution in [1.82, 2.24) is 0 Å². The Labute approximate surface area is 125 Å². The van der Waals surface area contributed by atoms with Crippen LogP contribution in [0.15, 0.2) is 0 Å². The van der Waals surface area contributed by atoms with Gasteiger partial charge in [0, 0.05) is 12.8 Å². The van der Waals surface area contributed by atoms with Crippen LogP contribution in [-0.2, 0) is 38.2 Å². The third-order valence-electron chi connectivity index (χ3n) is 3.61. The summed E-state index contributed by atoms with van der Waals surface area (Å²) in [4.78, 5) is 67.7. The molecular formula is C14H14O8. The van der Waals surface area contributed by atoms with Crippen molar-refractivity contribution in [3.63, 3.8) is 0 Å². The van der Waals surface area contributed by atoms with E-state index in [1.165, 1.54) is 0 Å². The smallest absolute Gasteiger partial charge is 0.324 e. The molecule has 0 radical (unpaired) electrons. The number of esters is 4. The molecule has 2 rings (SSSR count). The molecule has 2 unspecified atom stereocenters. The Morgan fingerprint density at radius 1 is 0.773 bits per heavy atom. The molecule has 0 aromatic carbocycles. The first-order valence-electron chi connectivity index (χ1n) is 6.93. The second kappa shape index (κ2) is 6.59. The highest BCUT2D eigenvalue weighted by Gasteiger charge is 2.39. The van der Waals surface area contributed by atoms with Crippen LogP contribution < -0.4 is 0 Å². The zero-order chi connectivity index (χ0) is 16.3. The van der Waals surface area contributed by atoms with Crippen molar-refractivity contribution in [3.05, 3.63) is 0 Å². The molecule has 0 spiro atoms. The summed E-state index contributed by atoms with van der Waals surface area (Å²) in [5.41, 5.74) is 0. The first kappa shape index (κ1) is 16.0. The average molecular weight is 310 g/mol. The minimum Gasteiger partial charge on any atom is -0.393 e. The Morgan fingerprint density at radius 3 is 1.41 bits per heavy atom. The molecule has 0 saturated carbocycles. The van der Waals surface area contributed by atoms with E-state index in [1.807, 2.05) is 0 Å². The molecule has 0 aromatic rings. The lowest BCUT2D eigenvalue weighted by Crippen LogP contribution is -2.20. The molecule has 0 bridgehead atoms. The molecule has 2 fully saturated rings. The van der Waals surface area contributed by atoms with E-state index in [-0.39, 0.29) is 25.7 Å². The van der Waals surface area contributed by atoms with Crippen molar-refractivity contribution < 1.29 is 38.2 Å². The van der Waals surface area contributed by atoms with E-state index in [4.69, 9.17) is 0 Å². The Morgan fingerprint density at radius 2 is 1.14 bits per heavy atom. The lowest BCUT2D eigenvalue weighted by Gasteiger charge is -2.05. The first-order valence-corrected chi connectivity index (χ1v) is 6.93. The molecule has 22 heavy (non-hydrogen) atoms. The fraction of sp³-hybridized carbons (Fsp3) is 0.571. The van der Waals surface area contributed by atoms with Crippen LogP contribution in [0, 0.1) is 11.8 Å². The van der Waals surface area contributed by atoms with Gasteiger partial charge in [-0.3, -0.25) is 28.8 Å². The van der Waals surface area contributed by atoms with Gasteiger partial charge in [-0.25, -0.2) is 0 Å². The maximum Gasteiger partial charge on any atom is 0.324 e. The van der Waals surface area contributed by atoms with Crippen molar-refractivity contribution in [2.75, 3.05) is 0 Å². The highest BCUT2D eigenvalue weighted by molar-refractivity contribution is 6.09. The van der Waals surface area contributed by atoms with E-state index < -0.39 is 47.3 Å². The van der Waals surface area contributed by atoms with Gasteiger partial charge in [-0.05, 0) is 12.8 Å². The number of ketones is 2. The van der Waals surface area contributed by atoms with Gasteiger partial charge in [-0.1, -0.05) is 0 Å². The van der Waals surface area contributed by atoms with Gasteiger partial charge in [0.25, 0.3) is 0 Å². The largest absolute Gasteiger partial charge is 0.393 e. The number of carbonyl (C=O) groups is 6. The van der Waals surface area contributed by atoms with Crippen LogP contribution in [0.5, 0.6) is 0 Å². The van der Waals surface area contributed by atoms with Crippen LogP contribution in [0.2, 0.25) is 0 Å². The van der Waals surface area contributed by atoms with Gasteiger partial charge in [0.05, 0.1) is 12.8 Å². The summed E-state index contributed by atoms with van der Waals surface area (Å²) in [5, 5.41) is 0. The van der Waals surface area contributed by atoms with Gasteiger partial charge in [0.15, 0.2) is 0 Å². The summed E-state index contributed by atoms with van der Waals surface area (Å²) < 4.78 is 8.59. The number of hydrogen-bond acceptors (Lipinski definition) is 8. The third kappa shape index (κ3) is 3.63. The number of rotatable bonds is 7. The van der Waals surface area contributed by atoms with Crippen LogP contribution in [-0.4, -0.2) is 35.4 Å². The molecule has 2 aliphatic rings. The third-order valence-corrected chi connectivity index (χ3v) is 3.61. The van der Waals surface area contributed by atoms with Gasteiger partial charge < -0.3 is 9.47 Å². The molecule has 8 nitrogen and oxygen atoms in total. The van der Waals surface area contributed by atoms with E-state index in [2.05, 4.69) is 9.47 Å². The van der Waals surface area contributed by atoms with Crippen LogP contribution in [0.25, 0.3) is 0 Å². The fourth-order valence-corrected chi connectivity index (χ4v) is 2.39. The standard InChI is InChI=1S/C14H14O8/c15-9(7-5-11(17)21-13(7)19)3-1-2-4-10(16)8-6-12(18)22-14(8)20/h7-8H,1-6H2. The van der Waals surface area contributed by atoms with Crippen molar-refractivity contribution in [2.45, 2.75) is 38.5 Å². The van der Waals surface area contributed by atoms with Gasteiger partial charge in [0.2, 0.25) is 0 Å². The molecule has 8 heteroatoms. The maximum absolute atomic E-state index is 11.7. The number of carbonyl (C=O) groups excluding carboxylic acids is 6. The number of ether oxygens (including phenoxy) is 2. The molecule has 0 N–H and O–H groups in total. The van der Waals surface area contributed by atoms with E-state index in [0.29, 0.717) is 12.8 Å². The Bertz CT molecular complexity index is 511. The molecule has 0 aromatic heterocycles. The van der Waals surface area contributed by atoms with Gasteiger partial charge in [-0.2, -0.15) is 0 Å². The summed E-state index contributed by atoms with van der Waals surface area (Å²) in [7, 11) is 0. The minimum absolute atomic E-state index is 0.0500. The highest BCUT2D eigenvalue weighted by Crippen LogP contribution is 2.21. The van der Waals surface area contributed by atoms with E-state index >= 15 is 0 Å². The summed E-state index contributed by atoms with van der Waals surface area (Å²) in [6.07, 6.45) is 0.332. The average Bonchev–Trinajstić information content (AvgIpc) is 2.96. The molecule has 2 heterocycles. The first-order chi connectivity index (χ1) is 10.4. The number of cyclic esters (lactones) is 4. The van der Waals surface area contributed by atoms with Gasteiger partial charge in [0.1, 0.15) is 23.4 Å². The summed E-state index contributed by atoms with van der Waals surface area (Å²) in [5.74, 6) is -5.91. The molecule has 118 valence electrons. The second-order valence-electron chi connectivity index (χ2n) is 5.24. The van der Waals surface area contributed by atoms with Crippen LogP contribution in [0.1, 0.15) is 38.5 Å². The minimum atomic E-state index is -1.04. The van der Waals surface area contributed by atoms with Gasteiger partial charge >= 0.3 is 23.9 Å². The molecule has 0 aliphatic carbocycles. The Balaban J connectivity index is 1.69. The lowest BCUT2D eigenvalue weighted by atomic mass is 9.95. The Kier molecular flexibility index (Phi) is 4.79. The zero-order valence-corrected chi connectivity index (χ0v) is 11.7. The van der Waals surface area contributed by atoms with Crippen LogP contribution >= 0.6 is 0 Å². The van der Waals surface area contributed by atoms with Crippen molar-refractivity contribution in [1.29, 1.82) is 0 Å². The van der Waals surface area contributed by atoms with Crippen LogP contribution in [0.4, 0.5) is 0 Å². The maximum atomic E-state index is 11.7. The summed E-state index contributed by atoms with van der Waals surface area (Å²) in [6.45, 7) is 0. The quantitative estimate of drug-likeness (QED) is 0.362. The number of hydrogen-bond donors (Lipinski definition) is 0. The summed E-state index contributed by atoms with van der Waals surface area (Å²) in [6, 6.07) is 0. The van der Waals surface area contributed by atoms with Gasteiger partial charge in [-0.15, -0.1) is 0 Å². The van der Waals surface area contributed by atoms with Crippen molar-refractivity contribution in [2.24, 2.45) is 11.8 Å². The van der Waals surface area contributed by atoms with Crippen LogP contribution in [0.3, 0.4) is 0 Å². The predicted molar refractivity (Wildman–Crippen MR) is 66.9 cm³/mol. The van der Waals surface area contributed by atoms with Crippen molar-refractivity contribution >= 4 is 35.4 Å². The molecule has 2 atom stereocenters. The molecule has 2 saturated heterocycles. The van der Waals surface area contributed by atoms with Crippen molar-refractivity contribution in [3.8, 4) is 0 Å². The van der Waals surface area contributed by atoms with E-state index in [9.17, 15) is 28.8 Å². The summed E-state index contributed by atoms with van der Waals surface area (Å²) >= 11 is 0. The normalized spacial score (nSPS) is 24.4. The van der Waals surface area contributed by atoms with E-state index in [0.717, 1.165) is 0 Å². The number of Topliss-reactive ketones (excluding diaryl/α,β-unsaturated/α-hetero) is 2. The second-order valence-corrected chi connectivity index (χ2v) is 5.24.